The number of nitrogens with one attached hydrogen (secondary N) is 2. The van der Waals surface area contributed by atoms with Gasteiger partial charge in [-0.2, -0.15) is 11.8 Å². The Morgan fingerprint density at radius 1 is 1.19 bits per heavy atom. The van der Waals surface area contributed by atoms with E-state index in [-0.39, 0.29) is 0 Å². The largest absolute Gasteiger partial charge is 0.310 e. The number of hydrogen-bond acceptors (Lipinski definition) is 4. The minimum Gasteiger partial charge on any atom is -0.310 e. The Hall–Kier alpha value is -0.560. The van der Waals surface area contributed by atoms with Crippen molar-refractivity contribution in [1.82, 2.24) is 10.0 Å². The summed E-state index contributed by atoms with van der Waals surface area (Å²) in [4.78, 5) is 0.420. The molecule has 1 saturated heterocycles. The summed E-state index contributed by atoms with van der Waals surface area (Å²) in [5, 5.41) is 3.39. The third-order valence-corrected chi connectivity index (χ3v) is 6.76. The number of benzene rings is 1. The van der Waals surface area contributed by atoms with Gasteiger partial charge in [-0.05, 0) is 48.3 Å². The number of hydrogen-bond donors (Lipinski definition) is 2. The van der Waals surface area contributed by atoms with E-state index in [0.29, 0.717) is 29.9 Å². The van der Waals surface area contributed by atoms with Crippen molar-refractivity contribution in [1.29, 1.82) is 0 Å². The average molecular weight is 326 g/mol. The van der Waals surface area contributed by atoms with Crippen molar-refractivity contribution in [2.24, 2.45) is 5.92 Å². The van der Waals surface area contributed by atoms with Crippen molar-refractivity contribution in [3.63, 3.8) is 0 Å². The number of thioether (sulfide) groups is 1. The van der Waals surface area contributed by atoms with E-state index >= 15 is 0 Å². The van der Waals surface area contributed by atoms with Crippen molar-refractivity contribution < 1.29 is 8.42 Å². The van der Waals surface area contributed by atoms with Crippen molar-refractivity contribution in [2.75, 3.05) is 18.1 Å². The summed E-state index contributed by atoms with van der Waals surface area (Å²) >= 11 is 1.91. The maximum atomic E-state index is 12.5. The molecule has 0 spiro atoms. The summed E-state index contributed by atoms with van der Waals surface area (Å²) in [6, 6.07) is 7.87. The van der Waals surface area contributed by atoms with Gasteiger partial charge in [-0.25, -0.2) is 13.1 Å². The van der Waals surface area contributed by atoms with Crippen LogP contribution in [0.25, 0.3) is 0 Å². The normalized spacial score (nSPS) is 22.6. The molecular formula is C15H22N2O2S2. The fourth-order valence-electron chi connectivity index (χ4n) is 2.50. The first-order chi connectivity index (χ1) is 10.1. The fraction of sp³-hybridized carbons (Fsp3) is 0.600. The van der Waals surface area contributed by atoms with Crippen molar-refractivity contribution in [3.05, 3.63) is 29.8 Å². The molecule has 1 aromatic carbocycles. The van der Waals surface area contributed by atoms with Crippen molar-refractivity contribution in [2.45, 2.75) is 36.7 Å². The topological polar surface area (TPSA) is 58.2 Å². The van der Waals surface area contributed by atoms with Gasteiger partial charge in [-0.1, -0.05) is 18.2 Å². The first kappa shape index (κ1) is 15.3. The Balaban J connectivity index is 1.67. The molecule has 6 heteroatoms. The van der Waals surface area contributed by atoms with Gasteiger partial charge in [0.15, 0.2) is 0 Å². The Morgan fingerprint density at radius 2 is 2.00 bits per heavy atom. The molecule has 2 fully saturated rings. The van der Waals surface area contributed by atoms with Crippen LogP contribution in [0, 0.1) is 5.92 Å². The van der Waals surface area contributed by atoms with Gasteiger partial charge in [0.05, 0.1) is 4.90 Å². The molecule has 0 radical (unpaired) electrons. The SMILES string of the molecule is O=S(=O)(NCC1CCSC1)c1ccccc1CNC1CC1. The second kappa shape index (κ2) is 6.69. The quantitative estimate of drug-likeness (QED) is 0.804. The molecule has 0 aromatic heterocycles. The smallest absolute Gasteiger partial charge is 0.240 e. The first-order valence-corrected chi connectivity index (χ1v) is 10.2. The molecular weight excluding hydrogens is 304 g/mol. The molecule has 3 rings (SSSR count). The summed E-state index contributed by atoms with van der Waals surface area (Å²) in [7, 11) is -3.41. The van der Waals surface area contributed by atoms with E-state index in [0.717, 1.165) is 23.5 Å². The van der Waals surface area contributed by atoms with Gasteiger partial charge in [-0.15, -0.1) is 0 Å². The summed E-state index contributed by atoms with van der Waals surface area (Å²) in [5.41, 5.74) is 0.859. The summed E-state index contributed by atoms with van der Waals surface area (Å²) in [6.07, 6.45) is 3.51. The Morgan fingerprint density at radius 3 is 2.71 bits per heavy atom. The van der Waals surface area contributed by atoms with Gasteiger partial charge in [0.25, 0.3) is 0 Å². The lowest BCUT2D eigenvalue weighted by molar-refractivity contribution is 0.544. The third kappa shape index (κ3) is 4.22. The molecule has 1 atom stereocenters. The second-order valence-corrected chi connectivity index (χ2v) is 8.73. The van der Waals surface area contributed by atoms with E-state index in [2.05, 4.69) is 10.0 Å². The molecule has 1 aliphatic heterocycles. The average Bonchev–Trinajstić information content (AvgIpc) is 3.17. The third-order valence-electron chi connectivity index (χ3n) is 4.01. The molecule has 1 saturated carbocycles. The lowest BCUT2D eigenvalue weighted by Gasteiger charge is -2.14. The van der Waals surface area contributed by atoms with E-state index in [4.69, 9.17) is 0 Å². The van der Waals surface area contributed by atoms with E-state index < -0.39 is 10.0 Å². The molecule has 0 amide bonds. The van der Waals surface area contributed by atoms with Crippen LogP contribution in [0.1, 0.15) is 24.8 Å². The van der Waals surface area contributed by atoms with E-state index in [9.17, 15) is 8.42 Å². The highest BCUT2D eigenvalue weighted by atomic mass is 32.2. The molecule has 2 N–H and O–H groups in total. The van der Waals surface area contributed by atoms with Gasteiger partial charge in [0.1, 0.15) is 0 Å². The highest BCUT2D eigenvalue weighted by Gasteiger charge is 2.24. The molecule has 2 aliphatic rings. The zero-order valence-electron chi connectivity index (χ0n) is 12.0. The monoisotopic (exact) mass is 326 g/mol. The summed E-state index contributed by atoms with van der Waals surface area (Å²) in [6.45, 7) is 1.18. The number of rotatable bonds is 7. The summed E-state index contributed by atoms with van der Waals surface area (Å²) in [5.74, 6) is 2.68. The maximum Gasteiger partial charge on any atom is 0.240 e. The van der Waals surface area contributed by atoms with Gasteiger partial charge < -0.3 is 5.32 Å². The molecule has 4 nitrogen and oxygen atoms in total. The Bertz CT molecular complexity index is 579. The van der Waals surface area contributed by atoms with E-state index in [1.165, 1.54) is 12.8 Å². The lowest BCUT2D eigenvalue weighted by atomic mass is 10.1. The van der Waals surface area contributed by atoms with Crippen LogP contribution in [0.15, 0.2) is 29.2 Å². The highest BCUT2D eigenvalue weighted by molar-refractivity contribution is 7.99. The van der Waals surface area contributed by atoms with Gasteiger partial charge in [0, 0.05) is 19.1 Å². The van der Waals surface area contributed by atoms with E-state index in [1.807, 2.05) is 23.9 Å². The van der Waals surface area contributed by atoms with Crippen LogP contribution in [0.3, 0.4) is 0 Å². The predicted molar refractivity (Wildman–Crippen MR) is 86.9 cm³/mol. The summed E-state index contributed by atoms with van der Waals surface area (Å²) < 4.78 is 27.8. The Labute approximate surface area is 131 Å². The van der Waals surface area contributed by atoms with Crippen LogP contribution in [-0.2, 0) is 16.6 Å². The van der Waals surface area contributed by atoms with Crippen molar-refractivity contribution >= 4 is 21.8 Å². The minimum atomic E-state index is -3.41. The first-order valence-electron chi connectivity index (χ1n) is 7.54. The Kier molecular flexibility index (Phi) is 4.88. The minimum absolute atomic E-state index is 0.420. The zero-order chi connectivity index (χ0) is 14.7. The van der Waals surface area contributed by atoms with Gasteiger partial charge in [0.2, 0.25) is 10.0 Å². The van der Waals surface area contributed by atoms with Gasteiger partial charge in [-0.3, -0.25) is 0 Å². The standard InChI is InChI=1S/C15H22N2O2S2/c18-21(19,17-9-12-7-8-20-11-12)15-4-2-1-3-13(15)10-16-14-5-6-14/h1-4,12,14,16-17H,5-11H2. The van der Waals surface area contributed by atoms with Crippen LogP contribution in [0.2, 0.25) is 0 Å². The van der Waals surface area contributed by atoms with Gasteiger partial charge >= 0.3 is 0 Å². The lowest BCUT2D eigenvalue weighted by Crippen LogP contribution is -2.30. The van der Waals surface area contributed by atoms with Crippen LogP contribution < -0.4 is 10.0 Å². The van der Waals surface area contributed by atoms with Crippen LogP contribution in [0.4, 0.5) is 0 Å². The molecule has 21 heavy (non-hydrogen) atoms. The fourth-order valence-corrected chi connectivity index (χ4v) is 5.14. The molecule has 1 aromatic rings. The second-order valence-electron chi connectivity index (χ2n) is 5.84. The van der Waals surface area contributed by atoms with E-state index in [1.54, 1.807) is 12.1 Å². The maximum absolute atomic E-state index is 12.5. The molecule has 1 aliphatic carbocycles. The molecule has 0 bridgehead atoms. The van der Waals surface area contributed by atoms with Crippen LogP contribution in [-0.4, -0.2) is 32.5 Å². The molecule has 1 unspecified atom stereocenters. The van der Waals surface area contributed by atoms with Crippen molar-refractivity contribution in [3.8, 4) is 0 Å². The van der Waals surface area contributed by atoms with Crippen LogP contribution in [0.5, 0.6) is 0 Å². The highest BCUT2D eigenvalue weighted by Crippen LogP contribution is 2.24. The van der Waals surface area contributed by atoms with Crippen LogP contribution >= 0.6 is 11.8 Å². The molecule has 116 valence electrons. The zero-order valence-corrected chi connectivity index (χ0v) is 13.7. The number of sulfonamides is 1. The molecule has 1 heterocycles. The predicted octanol–water partition coefficient (Wildman–Crippen LogP) is 1.97.